The molecule has 1 aliphatic rings. The lowest BCUT2D eigenvalue weighted by Gasteiger charge is -2.35. The number of aromatic nitrogens is 3. The molecule has 0 aliphatic carbocycles. The van der Waals surface area contributed by atoms with Gasteiger partial charge in [-0.15, -0.1) is 0 Å². The number of rotatable bonds is 8. The molecule has 2 aromatic rings. The second kappa shape index (κ2) is 10.4. The van der Waals surface area contributed by atoms with Crippen LogP contribution in [-0.4, -0.2) is 72.0 Å². The number of H-pyrrole nitrogens is 1. The number of piperazine rings is 1. The second-order valence-corrected chi connectivity index (χ2v) is 6.83. The minimum absolute atomic E-state index is 0.0285. The largest absolute Gasteiger partial charge is 0.491 e. The second-order valence-electron chi connectivity index (χ2n) is 6.83. The van der Waals surface area contributed by atoms with Gasteiger partial charge in [0.05, 0.1) is 30.5 Å². The van der Waals surface area contributed by atoms with Crippen molar-refractivity contribution in [1.82, 2.24) is 20.1 Å². The van der Waals surface area contributed by atoms with Crippen LogP contribution in [0, 0.1) is 18.3 Å². The van der Waals surface area contributed by atoms with Gasteiger partial charge in [-0.3, -0.25) is 9.59 Å². The first-order valence-electron chi connectivity index (χ1n) is 9.72. The van der Waals surface area contributed by atoms with Gasteiger partial charge < -0.3 is 19.3 Å². The molecule has 0 radical (unpaired) electrons. The van der Waals surface area contributed by atoms with Crippen molar-refractivity contribution in [1.29, 1.82) is 5.26 Å². The molecule has 3 rings (SSSR count). The van der Waals surface area contributed by atoms with Crippen LogP contribution in [0.3, 0.4) is 0 Å². The minimum Gasteiger partial charge on any atom is -0.491 e. The number of aromatic amines is 1. The first-order chi connectivity index (χ1) is 14.6. The summed E-state index contributed by atoms with van der Waals surface area (Å²) < 4.78 is 11.0. The number of nitriles is 1. The van der Waals surface area contributed by atoms with Crippen molar-refractivity contribution in [2.24, 2.45) is 0 Å². The zero-order valence-electron chi connectivity index (χ0n) is 16.8. The summed E-state index contributed by atoms with van der Waals surface area (Å²) in [6.45, 7) is 5.02. The van der Waals surface area contributed by atoms with E-state index in [1.54, 1.807) is 24.1 Å². The Morgan fingerprint density at radius 3 is 2.73 bits per heavy atom. The van der Waals surface area contributed by atoms with Gasteiger partial charge in [0.1, 0.15) is 24.2 Å². The maximum atomic E-state index is 12.3. The average molecular weight is 412 g/mol. The van der Waals surface area contributed by atoms with Gasteiger partial charge in [0, 0.05) is 38.8 Å². The van der Waals surface area contributed by atoms with E-state index >= 15 is 0 Å². The fourth-order valence-electron chi connectivity index (χ4n) is 3.01. The van der Waals surface area contributed by atoms with E-state index in [2.05, 4.69) is 26.2 Å². The summed E-state index contributed by atoms with van der Waals surface area (Å²) in [7, 11) is 0. The van der Waals surface area contributed by atoms with E-state index in [0.717, 1.165) is 5.82 Å². The number of nitrogens with zero attached hydrogens (tertiary/aromatic N) is 5. The third kappa shape index (κ3) is 5.55. The lowest BCUT2D eigenvalue weighted by Crippen LogP contribution is -2.50. The Hall–Kier alpha value is -3.45. The standard InChI is InChI=1S/C20H24N6O4/c1-15-17(13-23-24-20(15)28)30-10-2-9-29-14-19(27)26-7-5-25(6-8-26)18-4-3-16(11-21)12-22-18/h3-4,12-13H,2,5-10,14H2,1H3,(H,24,28). The first kappa shape index (κ1) is 21.3. The molecule has 1 aliphatic heterocycles. The van der Waals surface area contributed by atoms with Gasteiger partial charge in [0.25, 0.3) is 5.56 Å². The molecular formula is C20H24N6O4. The summed E-state index contributed by atoms with van der Waals surface area (Å²) in [6.07, 6.45) is 3.61. The van der Waals surface area contributed by atoms with Gasteiger partial charge in [-0.05, 0) is 19.1 Å². The summed E-state index contributed by atoms with van der Waals surface area (Å²) in [5.41, 5.74) is 0.736. The number of carbonyl (C=O) groups excluding carboxylic acids is 1. The molecule has 3 heterocycles. The molecule has 10 nitrogen and oxygen atoms in total. The zero-order valence-corrected chi connectivity index (χ0v) is 16.8. The number of ether oxygens (including phenoxy) is 2. The van der Waals surface area contributed by atoms with E-state index in [1.165, 1.54) is 6.20 Å². The number of carbonyl (C=O) groups is 1. The van der Waals surface area contributed by atoms with Crippen LogP contribution in [0.2, 0.25) is 0 Å². The smallest absolute Gasteiger partial charge is 0.270 e. The summed E-state index contributed by atoms with van der Waals surface area (Å²) >= 11 is 0. The quantitative estimate of drug-likeness (QED) is 0.621. The highest BCUT2D eigenvalue weighted by Crippen LogP contribution is 2.14. The molecule has 30 heavy (non-hydrogen) atoms. The van der Waals surface area contributed by atoms with Gasteiger partial charge in [0.15, 0.2) is 0 Å². The predicted molar refractivity (Wildman–Crippen MR) is 108 cm³/mol. The van der Waals surface area contributed by atoms with Gasteiger partial charge in [0.2, 0.25) is 5.91 Å². The maximum absolute atomic E-state index is 12.3. The molecule has 1 fully saturated rings. The fourth-order valence-corrected chi connectivity index (χ4v) is 3.01. The van der Waals surface area contributed by atoms with Crippen molar-refractivity contribution in [3.8, 4) is 11.8 Å². The SMILES string of the molecule is Cc1c(OCCCOCC(=O)N2CCN(c3ccc(C#N)cn3)CC2)cn[nH]c1=O. The number of anilines is 1. The van der Waals surface area contributed by atoms with Crippen LogP contribution in [0.5, 0.6) is 5.75 Å². The van der Waals surface area contributed by atoms with Crippen LogP contribution in [0.15, 0.2) is 29.3 Å². The van der Waals surface area contributed by atoms with Gasteiger partial charge in [-0.2, -0.15) is 10.4 Å². The predicted octanol–water partition coefficient (Wildman–Crippen LogP) is 0.479. The van der Waals surface area contributed by atoms with Crippen LogP contribution in [-0.2, 0) is 9.53 Å². The summed E-state index contributed by atoms with van der Waals surface area (Å²) in [5, 5.41) is 14.9. The fraction of sp³-hybridized carbons (Fsp3) is 0.450. The number of hydrogen-bond acceptors (Lipinski definition) is 8. The normalized spacial score (nSPS) is 13.7. The first-order valence-corrected chi connectivity index (χ1v) is 9.72. The lowest BCUT2D eigenvalue weighted by atomic mass is 10.2. The Labute approximate surface area is 174 Å². The van der Waals surface area contributed by atoms with Crippen molar-refractivity contribution in [3.63, 3.8) is 0 Å². The summed E-state index contributed by atoms with van der Waals surface area (Å²) in [6, 6.07) is 5.62. The van der Waals surface area contributed by atoms with Crippen LogP contribution < -0.4 is 15.2 Å². The van der Waals surface area contributed by atoms with E-state index < -0.39 is 0 Å². The molecule has 1 saturated heterocycles. The van der Waals surface area contributed by atoms with Crippen molar-refractivity contribution in [2.75, 3.05) is 50.9 Å². The van der Waals surface area contributed by atoms with Crippen molar-refractivity contribution < 1.29 is 14.3 Å². The molecule has 0 aromatic carbocycles. The Morgan fingerprint density at radius 1 is 1.23 bits per heavy atom. The number of nitrogens with one attached hydrogen (secondary N) is 1. The minimum atomic E-state index is -0.274. The number of hydrogen-bond donors (Lipinski definition) is 1. The van der Waals surface area contributed by atoms with Crippen LogP contribution in [0.1, 0.15) is 17.5 Å². The molecule has 0 atom stereocenters. The highest BCUT2D eigenvalue weighted by Gasteiger charge is 2.21. The number of pyridine rings is 1. The van der Waals surface area contributed by atoms with E-state index in [1.807, 2.05) is 6.07 Å². The molecular weight excluding hydrogens is 388 g/mol. The molecule has 0 saturated carbocycles. The Balaban J connectivity index is 1.31. The van der Waals surface area contributed by atoms with Crippen LogP contribution >= 0.6 is 0 Å². The molecule has 2 aromatic heterocycles. The van der Waals surface area contributed by atoms with Gasteiger partial charge in [-0.1, -0.05) is 0 Å². The van der Waals surface area contributed by atoms with E-state index in [9.17, 15) is 9.59 Å². The molecule has 0 unspecified atom stereocenters. The van der Waals surface area contributed by atoms with Crippen molar-refractivity contribution in [2.45, 2.75) is 13.3 Å². The number of amides is 1. The topological polar surface area (TPSA) is 124 Å². The molecule has 1 amide bonds. The average Bonchev–Trinajstić information content (AvgIpc) is 2.79. The highest BCUT2D eigenvalue weighted by molar-refractivity contribution is 5.77. The molecule has 0 spiro atoms. The van der Waals surface area contributed by atoms with Crippen molar-refractivity contribution >= 4 is 11.7 Å². The van der Waals surface area contributed by atoms with E-state index in [-0.39, 0.29) is 18.1 Å². The van der Waals surface area contributed by atoms with Gasteiger partial charge >= 0.3 is 0 Å². The highest BCUT2D eigenvalue weighted by atomic mass is 16.5. The Kier molecular flexibility index (Phi) is 7.34. The Morgan fingerprint density at radius 2 is 2.03 bits per heavy atom. The van der Waals surface area contributed by atoms with Crippen molar-refractivity contribution in [3.05, 3.63) is 46.0 Å². The molecule has 10 heteroatoms. The Bertz CT molecular complexity index is 945. The molecule has 1 N–H and O–H groups in total. The lowest BCUT2D eigenvalue weighted by molar-refractivity contribution is -0.136. The van der Waals surface area contributed by atoms with E-state index in [0.29, 0.717) is 62.7 Å². The van der Waals surface area contributed by atoms with Crippen LogP contribution in [0.4, 0.5) is 5.82 Å². The van der Waals surface area contributed by atoms with E-state index in [4.69, 9.17) is 14.7 Å². The molecule has 158 valence electrons. The van der Waals surface area contributed by atoms with Gasteiger partial charge in [-0.25, -0.2) is 10.1 Å². The van der Waals surface area contributed by atoms with Crippen LogP contribution in [0.25, 0.3) is 0 Å². The summed E-state index contributed by atoms with van der Waals surface area (Å²) in [5.74, 6) is 1.21. The summed E-state index contributed by atoms with van der Waals surface area (Å²) in [4.78, 5) is 31.9. The maximum Gasteiger partial charge on any atom is 0.270 e. The monoisotopic (exact) mass is 412 g/mol. The third-order valence-corrected chi connectivity index (χ3v) is 4.81. The molecule has 0 bridgehead atoms. The third-order valence-electron chi connectivity index (χ3n) is 4.81. The zero-order chi connectivity index (χ0) is 21.3.